The van der Waals surface area contributed by atoms with Crippen LogP contribution < -0.4 is 14.8 Å². The first-order valence-electron chi connectivity index (χ1n) is 8.99. The number of halogens is 1. The molecule has 0 aromatic heterocycles. The summed E-state index contributed by atoms with van der Waals surface area (Å²) in [6.45, 7) is 5.61. The van der Waals surface area contributed by atoms with Gasteiger partial charge in [-0.15, -0.1) is 0 Å². The number of carbonyl (C=O) groups is 1. The van der Waals surface area contributed by atoms with E-state index in [0.29, 0.717) is 24.7 Å². The maximum atomic E-state index is 12.0. The van der Waals surface area contributed by atoms with E-state index >= 15 is 0 Å². The molecule has 146 valence electrons. The molecular formula is C21H27ClN2O3. The largest absolute Gasteiger partial charge is 0.490 e. The molecule has 1 N–H and O–H groups in total. The summed E-state index contributed by atoms with van der Waals surface area (Å²) in [4.78, 5) is 13.5. The van der Waals surface area contributed by atoms with E-state index in [-0.39, 0.29) is 5.91 Å². The number of likely N-dealkylation sites (N-methyl/N-ethyl adjacent to an activating group) is 1. The first-order valence-corrected chi connectivity index (χ1v) is 9.37. The van der Waals surface area contributed by atoms with Crippen molar-refractivity contribution in [3.05, 3.63) is 58.6 Å². The van der Waals surface area contributed by atoms with Crippen molar-refractivity contribution in [2.45, 2.75) is 33.0 Å². The SMILES string of the molecule is CCOc1cc(CNCc2ccc(Cl)cc2)ccc1OC(C)C(=O)N(C)C. The molecule has 0 radical (unpaired) electrons. The van der Waals surface area contributed by atoms with Gasteiger partial charge in [0.2, 0.25) is 0 Å². The number of nitrogens with one attached hydrogen (secondary N) is 1. The van der Waals surface area contributed by atoms with Gasteiger partial charge in [-0.05, 0) is 49.2 Å². The zero-order valence-electron chi connectivity index (χ0n) is 16.3. The van der Waals surface area contributed by atoms with Gasteiger partial charge in [-0.2, -0.15) is 0 Å². The van der Waals surface area contributed by atoms with Crippen molar-refractivity contribution in [1.82, 2.24) is 10.2 Å². The average Bonchev–Trinajstić information content (AvgIpc) is 2.64. The molecule has 1 amide bonds. The standard InChI is InChI=1S/C21H27ClN2O3/c1-5-26-20-12-17(14-23-13-16-6-9-18(22)10-7-16)8-11-19(20)27-15(2)21(25)24(3)4/h6-12,15,23H,5,13-14H2,1-4H3. The van der Waals surface area contributed by atoms with Crippen molar-refractivity contribution < 1.29 is 14.3 Å². The van der Waals surface area contributed by atoms with Crippen molar-refractivity contribution in [3.63, 3.8) is 0 Å². The molecule has 2 rings (SSSR count). The van der Waals surface area contributed by atoms with Crippen LogP contribution in [0.5, 0.6) is 11.5 Å². The van der Waals surface area contributed by atoms with Crippen molar-refractivity contribution in [2.24, 2.45) is 0 Å². The Hall–Kier alpha value is -2.24. The molecule has 0 heterocycles. The molecule has 2 aromatic rings. The van der Waals surface area contributed by atoms with E-state index in [1.54, 1.807) is 21.0 Å². The first kappa shape index (κ1) is 21.1. The Labute approximate surface area is 166 Å². The Morgan fingerprint density at radius 1 is 1.07 bits per heavy atom. The molecular weight excluding hydrogens is 364 g/mol. The van der Waals surface area contributed by atoms with E-state index in [1.165, 1.54) is 10.5 Å². The molecule has 0 saturated heterocycles. The number of rotatable bonds is 9. The minimum Gasteiger partial charge on any atom is -0.490 e. The van der Waals surface area contributed by atoms with Crippen LogP contribution in [0.1, 0.15) is 25.0 Å². The smallest absolute Gasteiger partial charge is 0.262 e. The summed E-state index contributed by atoms with van der Waals surface area (Å²) in [6.07, 6.45) is -0.576. The van der Waals surface area contributed by atoms with E-state index in [4.69, 9.17) is 21.1 Å². The highest BCUT2D eigenvalue weighted by molar-refractivity contribution is 6.30. The van der Waals surface area contributed by atoms with Crippen LogP contribution in [0.15, 0.2) is 42.5 Å². The molecule has 1 unspecified atom stereocenters. The summed E-state index contributed by atoms with van der Waals surface area (Å²) in [6, 6.07) is 13.5. The topological polar surface area (TPSA) is 50.8 Å². The molecule has 0 fully saturated rings. The quantitative estimate of drug-likeness (QED) is 0.705. The number of hydrogen-bond donors (Lipinski definition) is 1. The molecule has 0 aliphatic heterocycles. The van der Waals surface area contributed by atoms with E-state index in [1.807, 2.05) is 49.4 Å². The molecule has 5 nitrogen and oxygen atoms in total. The maximum Gasteiger partial charge on any atom is 0.262 e. The van der Waals surface area contributed by atoms with Crippen molar-refractivity contribution >= 4 is 17.5 Å². The Bertz CT molecular complexity index is 748. The lowest BCUT2D eigenvalue weighted by molar-refractivity contribution is -0.135. The summed E-state index contributed by atoms with van der Waals surface area (Å²) in [5, 5.41) is 4.13. The third kappa shape index (κ3) is 6.45. The Morgan fingerprint density at radius 2 is 1.70 bits per heavy atom. The Morgan fingerprint density at radius 3 is 2.33 bits per heavy atom. The minimum absolute atomic E-state index is 0.0915. The fourth-order valence-corrected chi connectivity index (χ4v) is 2.71. The van der Waals surface area contributed by atoms with Crippen LogP contribution in [0.2, 0.25) is 5.02 Å². The van der Waals surface area contributed by atoms with Gasteiger partial charge >= 0.3 is 0 Å². The van der Waals surface area contributed by atoms with Crippen LogP contribution in [0.4, 0.5) is 0 Å². The third-order valence-electron chi connectivity index (χ3n) is 3.97. The van der Waals surface area contributed by atoms with E-state index in [2.05, 4.69) is 5.32 Å². The number of hydrogen-bond acceptors (Lipinski definition) is 4. The molecule has 1 atom stereocenters. The number of amides is 1. The second kappa shape index (κ2) is 10.2. The Kier molecular flexibility index (Phi) is 7.95. The predicted octanol–water partition coefficient (Wildman–Crippen LogP) is 3.88. The minimum atomic E-state index is -0.576. The second-order valence-corrected chi connectivity index (χ2v) is 6.87. The maximum absolute atomic E-state index is 12.0. The molecule has 0 spiro atoms. The molecule has 27 heavy (non-hydrogen) atoms. The van der Waals surface area contributed by atoms with Gasteiger partial charge in [0.1, 0.15) is 0 Å². The monoisotopic (exact) mass is 390 g/mol. The fourth-order valence-electron chi connectivity index (χ4n) is 2.59. The van der Waals surface area contributed by atoms with Gasteiger partial charge in [0.15, 0.2) is 17.6 Å². The molecule has 6 heteroatoms. The van der Waals surface area contributed by atoms with Crippen LogP contribution in [-0.2, 0) is 17.9 Å². The summed E-state index contributed by atoms with van der Waals surface area (Å²) < 4.78 is 11.5. The van der Waals surface area contributed by atoms with Crippen molar-refractivity contribution in [1.29, 1.82) is 0 Å². The van der Waals surface area contributed by atoms with E-state index < -0.39 is 6.10 Å². The first-order chi connectivity index (χ1) is 12.9. The zero-order chi connectivity index (χ0) is 19.8. The number of nitrogens with zero attached hydrogens (tertiary/aromatic N) is 1. The molecule has 2 aromatic carbocycles. The number of benzene rings is 2. The van der Waals surface area contributed by atoms with Crippen LogP contribution >= 0.6 is 11.6 Å². The highest BCUT2D eigenvalue weighted by Crippen LogP contribution is 2.29. The van der Waals surface area contributed by atoms with Crippen molar-refractivity contribution in [3.8, 4) is 11.5 Å². The second-order valence-electron chi connectivity index (χ2n) is 6.44. The molecule has 0 aliphatic rings. The summed E-state index contributed by atoms with van der Waals surface area (Å²) in [5.74, 6) is 1.12. The van der Waals surface area contributed by atoms with Crippen molar-refractivity contribution in [2.75, 3.05) is 20.7 Å². The van der Waals surface area contributed by atoms with Gasteiger partial charge in [-0.25, -0.2) is 0 Å². The van der Waals surface area contributed by atoms with Gasteiger partial charge in [-0.1, -0.05) is 29.8 Å². The lowest BCUT2D eigenvalue weighted by Crippen LogP contribution is -2.35. The highest BCUT2D eigenvalue weighted by atomic mass is 35.5. The Balaban J connectivity index is 2.00. The van der Waals surface area contributed by atoms with Gasteiger partial charge in [0.25, 0.3) is 5.91 Å². The van der Waals surface area contributed by atoms with Gasteiger partial charge < -0.3 is 19.7 Å². The molecule has 0 saturated carbocycles. The van der Waals surface area contributed by atoms with E-state index in [0.717, 1.165) is 17.1 Å². The summed E-state index contributed by atoms with van der Waals surface area (Å²) in [5.41, 5.74) is 2.24. The van der Waals surface area contributed by atoms with Gasteiger partial charge in [-0.3, -0.25) is 4.79 Å². The number of ether oxygens (including phenoxy) is 2. The fraction of sp³-hybridized carbons (Fsp3) is 0.381. The van der Waals surface area contributed by atoms with Gasteiger partial charge in [0, 0.05) is 32.2 Å². The molecule has 0 aliphatic carbocycles. The predicted molar refractivity (Wildman–Crippen MR) is 108 cm³/mol. The van der Waals surface area contributed by atoms with Crippen LogP contribution in [0.3, 0.4) is 0 Å². The van der Waals surface area contributed by atoms with Gasteiger partial charge in [0.05, 0.1) is 6.61 Å². The zero-order valence-corrected chi connectivity index (χ0v) is 17.0. The van der Waals surface area contributed by atoms with Crippen LogP contribution in [-0.4, -0.2) is 37.6 Å². The normalized spacial score (nSPS) is 11.7. The molecule has 0 bridgehead atoms. The average molecular weight is 391 g/mol. The summed E-state index contributed by atoms with van der Waals surface area (Å²) in [7, 11) is 3.42. The number of carbonyl (C=O) groups excluding carboxylic acids is 1. The summed E-state index contributed by atoms with van der Waals surface area (Å²) >= 11 is 5.91. The van der Waals surface area contributed by atoms with Crippen LogP contribution in [0, 0.1) is 0 Å². The van der Waals surface area contributed by atoms with Crippen LogP contribution in [0.25, 0.3) is 0 Å². The lowest BCUT2D eigenvalue weighted by Gasteiger charge is -2.20. The van der Waals surface area contributed by atoms with E-state index in [9.17, 15) is 4.79 Å². The lowest BCUT2D eigenvalue weighted by atomic mass is 10.2. The highest BCUT2D eigenvalue weighted by Gasteiger charge is 2.18. The third-order valence-corrected chi connectivity index (χ3v) is 4.22.